The van der Waals surface area contributed by atoms with Crippen molar-refractivity contribution in [3.8, 4) is 6.07 Å². The lowest BCUT2D eigenvalue weighted by atomic mass is 9.89. The van der Waals surface area contributed by atoms with Gasteiger partial charge in [0.15, 0.2) is 0 Å². The Balaban J connectivity index is 1.93. The zero-order valence-corrected chi connectivity index (χ0v) is 12.3. The molecule has 0 spiro atoms. The number of alkyl halides is 1. The van der Waals surface area contributed by atoms with Crippen molar-refractivity contribution < 1.29 is 4.74 Å². The van der Waals surface area contributed by atoms with Crippen LogP contribution < -0.4 is 4.90 Å². The normalized spacial score (nSPS) is 25.9. The summed E-state index contributed by atoms with van der Waals surface area (Å²) >= 11 is 5.86. The first kappa shape index (κ1) is 13.7. The van der Waals surface area contributed by atoms with Gasteiger partial charge in [-0.05, 0) is 30.5 Å². The molecule has 0 aromatic heterocycles. The lowest BCUT2D eigenvalue weighted by Crippen LogP contribution is -2.53. The molecule has 0 radical (unpaired) electrons. The fraction of sp³-hybridized carbons (Fsp3) is 0.562. The first-order valence-corrected chi connectivity index (χ1v) is 7.84. The molecule has 3 nitrogen and oxygen atoms in total. The van der Waals surface area contributed by atoms with Gasteiger partial charge >= 0.3 is 0 Å². The number of rotatable bonds is 2. The van der Waals surface area contributed by atoms with E-state index in [1.807, 2.05) is 18.2 Å². The lowest BCUT2D eigenvalue weighted by molar-refractivity contribution is -0.00869. The number of anilines is 1. The maximum Gasteiger partial charge on any atom is 0.101 e. The van der Waals surface area contributed by atoms with E-state index in [1.165, 1.54) is 12.8 Å². The maximum absolute atomic E-state index is 9.41. The molecule has 2 atom stereocenters. The smallest absolute Gasteiger partial charge is 0.101 e. The molecule has 4 heteroatoms. The Labute approximate surface area is 125 Å². The van der Waals surface area contributed by atoms with Gasteiger partial charge in [0.25, 0.3) is 0 Å². The van der Waals surface area contributed by atoms with Crippen LogP contribution in [0.15, 0.2) is 18.2 Å². The molecule has 0 amide bonds. The topological polar surface area (TPSA) is 36.3 Å². The summed E-state index contributed by atoms with van der Waals surface area (Å²) in [6, 6.07) is 8.73. The average molecular weight is 291 g/mol. The van der Waals surface area contributed by atoms with Crippen molar-refractivity contribution in [2.45, 2.75) is 43.7 Å². The van der Waals surface area contributed by atoms with E-state index in [2.05, 4.69) is 11.0 Å². The van der Waals surface area contributed by atoms with Gasteiger partial charge in [0.1, 0.15) is 6.07 Å². The van der Waals surface area contributed by atoms with Crippen LogP contribution in [0.2, 0.25) is 0 Å². The largest absolute Gasteiger partial charge is 0.374 e. The molecular formula is C16H19ClN2O. The monoisotopic (exact) mass is 290 g/mol. The van der Waals surface area contributed by atoms with Gasteiger partial charge in [-0.25, -0.2) is 0 Å². The van der Waals surface area contributed by atoms with Crippen molar-refractivity contribution in [1.29, 1.82) is 5.26 Å². The van der Waals surface area contributed by atoms with Crippen LogP contribution in [-0.2, 0) is 10.6 Å². The minimum atomic E-state index is 0.330. The maximum atomic E-state index is 9.41. The van der Waals surface area contributed by atoms with Crippen LogP contribution >= 0.6 is 11.6 Å². The van der Waals surface area contributed by atoms with Crippen molar-refractivity contribution in [3.63, 3.8) is 0 Å². The number of hydrogen-bond donors (Lipinski definition) is 0. The number of morpholine rings is 1. The zero-order valence-electron chi connectivity index (χ0n) is 11.5. The van der Waals surface area contributed by atoms with Gasteiger partial charge in [0.2, 0.25) is 0 Å². The molecule has 2 unspecified atom stereocenters. The Kier molecular flexibility index (Phi) is 4.14. The fourth-order valence-corrected chi connectivity index (χ4v) is 3.57. The van der Waals surface area contributed by atoms with Gasteiger partial charge in [0.05, 0.1) is 30.0 Å². The molecule has 1 saturated heterocycles. The third-order valence-electron chi connectivity index (χ3n) is 4.38. The first-order chi connectivity index (χ1) is 9.83. The van der Waals surface area contributed by atoms with E-state index in [-0.39, 0.29) is 0 Å². The van der Waals surface area contributed by atoms with Gasteiger partial charge in [-0.3, -0.25) is 0 Å². The highest BCUT2D eigenvalue weighted by Gasteiger charge is 2.35. The number of benzene rings is 1. The summed E-state index contributed by atoms with van der Waals surface area (Å²) in [5, 5.41) is 9.41. The van der Waals surface area contributed by atoms with E-state index in [4.69, 9.17) is 16.3 Å². The highest BCUT2D eigenvalue weighted by molar-refractivity contribution is 6.17. The predicted molar refractivity (Wildman–Crippen MR) is 80.1 cm³/mol. The van der Waals surface area contributed by atoms with E-state index in [1.54, 1.807) is 0 Å². The number of hydrogen-bond acceptors (Lipinski definition) is 3. The summed E-state index contributed by atoms with van der Waals surface area (Å²) in [5.74, 6) is 0.449. The first-order valence-electron chi connectivity index (χ1n) is 7.30. The predicted octanol–water partition coefficient (Wildman–Crippen LogP) is 3.44. The molecule has 0 bridgehead atoms. The van der Waals surface area contributed by atoms with E-state index < -0.39 is 0 Å². The Hall–Kier alpha value is -1.24. The van der Waals surface area contributed by atoms with E-state index in [9.17, 15) is 5.26 Å². The number of nitrogens with zero attached hydrogens (tertiary/aromatic N) is 2. The molecule has 2 fully saturated rings. The molecule has 1 aromatic carbocycles. The van der Waals surface area contributed by atoms with Crippen LogP contribution in [0, 0.1) is 11.3 Å². The Bertz CT molecular complexity index is 524. The second-order valence-corrected chi connectivity index (χ2v) is 5.82. The van der Waals surface area contributed by atoms with E-state index in [0.717, 1.165) is 42.8 Å². The molecule has 20 heavy (non-hydrogen) atoms. The van der Waals surface area contributed by atoms with E-state index in [0.29, 0.717) is 18.0 Å². The van der Waals surface area contributed by atoms with Crippen molar-refractivity contribution in [2.24, 2.45) is 0 Å². The minimum Gasteiger partial charge on any atom is -0.374 e. The minimum absolute atomic E-state index is 0.330. The Morgan fingerprint density at radius 3 is 3.00 bits per heavy atom. The Morgan fingerprint density at radius 1 is 1.35 bits per heavy atom. The standard InChI is InChI=1S/C16H19ClN2O/c17-10-12-5-6-14(13(9-12)11-18)19-7-8-20-16-4-2-1-3-15(16)19/h5-6,9,15-16H,1-4,7-8,10H2. The second-order valence-electron chi connectivity index (χ2n) is 5.55. The van der Waals surface area contributed by atoms with Crippen molar-refractivity contribution in [3.05, 3.63) is 29.3 Å². The van der Waals surface area contributed by atoms with Crippen LogP contribution in [0.3, 0.4) is 0 Å². The van der Waals surface area contributed by atoms with Crippen LogP contribution in [0.1, 0.15) is 36.8 Å². The highest BCUT2D eigenvalue weighted by Crippen LogP contribution is 2.33. The summed E-state index contributed by atoms with van der Waals surface area (Å²) < 4.78 is 5.91. The van der Waals surface area contributed by atoms with Crippen LogP contribution in [0.4, 0.5) is 5.69 Å². The molecule has 1 aliphatic carbocycles. The molecular weight excluding hydrogens is 272 g/mol. The molecule has 1 heterocycles. The summed E-state index contributed by atoms with van der Waals surface area (Å²) in [4.78, 5) is 2.38. The van der Waals surface area contributed by atoms with Gasteiger partial charge in [-0.1, -0.05) is 18.9 Å². The molecule has 1 aromatic rings. The third-order valence-corrected chi connectivity index (χ3v) is 4.69. The quantitative estimate of drug-likeness (QED) is 0.783. The second kappa shape index (κ2) is 6.03. The number of nitriles is 1. The lowest BCUT2D eigenvalue weighted by Gasteiger charge is -2.45. The van der Waals surface area contributed by atoms with Gasteiger partial charge in [-0.2, -0.15) is 5.26 Å². The zero-order chi connectivity index (χ0) is 13.9. The molecule has 3 rings (SSSR count). The molecule has 1 aliphatic heterocycles. The van der Waals surface area contributed by atoms with Gasteiger partial charge in [-0.15, -0.1) is 11.6 Å². The SMILES string of the molecule is N#Cc1cc(CCl)ccc1N1CCOC2CCCCC21. The molecule has 2 aliphatic rings. The summed E-state index contributed by atoms with van der Waals surface area (Å²) in [7, 11) is 0. The van der Waals surface area contributed by atoms with E-state index >= 15 is 0 Å². The van der Waals surface area contributed by atoms with Crippen LogP contribution in [0.5, 0.6) is 0 Å². The fourth-order valence-electron chi connectivity index (χ4n) is 3.40. The van der Waals surface area contributed by atoms with Crippen LogP contribution in [0.25, 0.3) is 0 Å². The number of fused-ring (bicyclic) bond motifs is 1. The van der Waals surface area contributed by atoms with Crippen molar-refractivity contribution in [2.75, 3.05) is 18.1 Å². The van der Waals surface area contributed by atoms with Gasteiger partial charge in [0, 0.05) is 12.4 Å². The van der Waals surface area contributed by atoms with Gasteiger partial charge < -0.3 is 9.64 Å². The Morgan fingerprint density at radius 2 is 2.20 bits per heavy atom. The summed E-state index contributed by atoms with van der Waals surface area (Å²) in [6.07, 6.45) is 5.14. The summed E-state index contributed by atoms with van der Waals surface area (Å²) in [5.41, 5.74) is 2.77. The van der Waals surface area contributed by atoms with Crippen LogP contribution in [-0.4, -0.2) is 25.3 Å². The number of ether oxygens (including phenoxy) is 1. The molecule has 1 saturated carbocycles. The highest BCUT2D eigenvalue weighted by atomic mass is 35.5. The van der Waals surface area contributed by atoms with Crippen molar-refractivity contribution in [1.82, 2.24) is 0 Å². The van der Waals surface area contributed by atoms with Crippen molar-refractivity contribution >= 4 is 17.3 Å². The molecule has 106 valence electrons. The summed E-state index contributed by atoms with van der Waals surface area (Å²) in [6.45, 7) is 1.62. The molecule has 0 N–H and O–H groups in total. The number of halogens is 1. The third kappa shape index (κ3) is 2.51. The average Bonchev–Trinajstić information content (AvgIpc) is 2.53.